The zero-order chi connectivity index (χ0) is 10.9. The molecule has 0 aliphatic carbocycles. The molecule has 0 bridgehead atoms. The number of hydrogen-bond donors (Lipinski definition) is 0. The molecule has 0 N–H and O–H groups in total. The van der Waals surface area contributed by atoms with Gasteiger partial charge in [0.1, 0.15) is 26.9 Å². The summed E-state index contributed by atoms with van der Waals surface area (Å²) in [7, 11) is 0. The zero-order valence-corrected chi connectivity index (χ0v) is 8.40. The minimum absolute atomic E-state index is 0.128. The molecule has 0 aromatic rings. The van der Waals surface area contributed by atoms with Crippen molar-refractivity contribution < 1.29 is 19.1 Å². The van der Waals surface area contributed by atoms with E-state index in [1.54, 1.807) is 19.6 Å². The summed E-state index contributed by atoms with van der Waals surface area (Å²) < 4.78 is 10.5. The number of amides is 4. The minimum Gasteiger partial charge on any atom is -0.340 e. The van der Waals surface area contributed by atoms with Gasteiger partial charge in [0.2, 0.25) is 0 Å². The molecule has 0 spiro atoms. The van der Waals surface area contributed by atoms with E-state index in [4.69, 9.17) is 9.47 Å². The topological polar surface area (TPSA) is 65.6 Å². The Hall–Kier alpha value is -1.54. The number of carbonyl (C=O) groups excluding carboxylic acids is 2. The van der Waals surface area contributed by atoms with Crippen LogP contribution in [-0.4, -0.2) is 70.9 Å². The highest BCUT2D eigenvalue weighted by molar-refractivity contribution is 5.85. The molecule has 0 saturated carbocycles. The first-order valence-electron chi connectivity index (χ1n) is 5.09. The van der Waals surface area contributed by atoms with Gasteiger partial charge >= 0.3 is 12.1 Å². The van der Waals surface area contributed by atoms with Crippen molar-refractivity contribution >= 4 is 12.1 Å². The molecule has 8 heteroatoms. The van der Waals surface area contributed by atoms with Gasteiger partial charge in [-0.15, -0.1) is 0 Å². The highest BCUT2D eigenvalue weighted by Crippen LogP contribution is 2.38. The smallest absolute Gasteiger partial charge is 0.327 e. The molecule has 8 nitrogen and oxygen atoms in total. The molecule has 4 saturated heterocycles. The van der Waals surface area contributed by atoms with Crippen LogP contribution in [0.2, 0.25) is 0 Å². The Morgan fingerprint density at radius 2 is 1.06 bits per heavy atom. The van der Waals surface area contributed by atoms with Crippen LogP contribution >= 0.6 is 0 Å². The molecule has 0 atom stereocenters. The molecule has 0 radical (unpaired) electrons. The molecule has 4 aliphatic rings. The average Bonchev–Trinajstić information content (AvgIpc) is 2.78. The Balaban J connectivity index is 1.83. The number of nitrogens with zero attached hydrogens (tertiary/aromatic N) is 4. The highest BCUT2D eigenvalue weighted by atomic mass is 16.5. The van der Waals surface area contributed by atoms with E-state index in [-0.39, 0.29) is 51.3 Å². The molecule has 86 valence electrons. The Kier molecular flexibility index (Phi) is 1.39. The molecular weight excluding hydrogens is 216 g/mol. The van der Waals surface area contributed by atoms with Crippen LogP contribution in [0.15, 0.2) is 0 Å². The number of ether oxygens (including phenoxy) is 2. The Morgan fingerprint density at radius 3 is 1.38 bits per heavy atom. The largest absolute Gasteiger partial charge is 0.340 e. The quantitative estimate of drug-likeness (QED) is 0.531. The molecule has 0 unspecified atom stereocenters. The van der Waals surface area contributed by atoms with E-state index in [1.165, 1.54) is 0 Å². The van der Waals surface area contributed by atoms with Crippen molar-refractivity contribution in [3.63, 3.8) is 0 Å². The Labute approximate surface area is 90.9 Å². The summed E-state index contributed by atoms with van der Waals surface area (Å²) in [5, 5.41) is 0. The fraction of sp³-hybridized carbons (Fsp3) is 0.750. The summed E-state index contributed by atoms with van der Waals surface area (Å²) in [4.78, 5) is 30.2. The lowest BCUT2D eigenvalue weighted by molar-refractivity contribution is -0.102. The standard InChI is InChI=1S/C8H10N4O4/c13-7-9-1-15-2-10-5(9)6-11(7)3-16-4-12(6)8(10)14/h5-6H,1-4H2. The maximum absolute atomic E-state index is 12.0. The van der Waals surface area contributed by atoms with Crippen molar-refractivity contribution in [3.8, 4) is 0 Å². The van der Waals surface area contributed by atoms with E-state index in [2.05, 4.69) is 0 Å². The Morgan fingerprint density at radius 1 is 0.750 bits per heavy atom. The lowest BCUT2D eigenvalue weighted by Gasteiger charge is -2.35. The van der Waals surface area contributed by atoms with Gasteiger partial charge in [0.15, 0.2) is 12.3 Å². The second kappa shape index (κ2) is 2.58. The third kappa shape index (κ3) is 0.758. The van der Waals surface area contributed by atoms with Gasteiger partial charge in [-0.05, 0) is 0 Å². The van der Waals surface area contributed by atoms with Gasteiger partial charge in [0, 0.05) is 0 Å². The predicted octanol–water partition coefficient (Wildman–Crippen LogP) is -0.996. The molecular formula is C8H10N4O4. The van der Waals surface area contributed by atoms with Crippen molar-refractivity contribution in [3.05, 3.63) is 0 Å². The van der Waals surface area contributed by atoms with Gasteiger partial charge < -0.3 is 9.47 Å². The van der Waals surface area contributed by atoms with E-state index < -0.39 is 0 Å². The molecule has 0 aromatic carbocycles. The third-order valence-corrected chi connectivity index (χ3v) is 3.45. The van der Waals surface area contributed by atoms with Crippen LogP contribution < -0.4 is 0 Å². The second-order valence-corrected chi connectivity index (χ2v) is 4.20. The monoisotopic (exact) mass is 226 g/mol. The first-order valence-corrected chi connectivity index (χ1v) is 5.09. The Bertz CT molecular complexity index is 324. The number of carbonyl (C=O) groups is 2. The van der Waals surface area contributed by atoms with Gasteiger partial charge in [-0.1, -0.05) is 0 Å². The van der Waals surface area contributed by atoms with Crippen molar-refractivity contribution in [2.24, 2.45) is 0 Å². The molecule has 0 aromatic heterocycles. The second-order valence-electron chi connectivity index (χ2n) is 4.20. The molecule has 4 amide bonds. The number of urea groups is 2. The van der Waals surface area contributed by atoms with Crippen LogP contribution in [0.5, 0.6) is 0 Å². The van der Waals surface area contributed by atoms with Crippen molar-refractivity contribution in [1.82, 2.24) is 19.6 Å². The normalized spacial score (nSPS) is 36.2. The third-order valence-electron chi connectivity index (χ3n) is 3.45. The zero-order valence-electron chi connectivity index (χ0n) is 8.40. The lowest BCUT2D eigenvalue weighted by Crippen LogP contribution is -2.53. The summed E-state index contributed by atoms with van der Waals surface area (Å²) in [5.41, 5.74) is 0. The van der Waals surface area contributed by atoms with Crippen LogP contribution in [-0.2, 0) is 9.47 Å². The van der Waals surface area contributed by atoms with Crippen LogP contribution in [0.3, 0.4) is 0 Å². The summed E-state index contributed by atoms with van der Waals surface area (Å²) in [6, 6.07) is -0.256. The predicted molar refractivity (Wildman–Crippen MR) is 47.4 cm³/mol. The van der Waals surface area contributed by atoms with Gasteiger partial charge in [-0.25, -0.2) is 9.59 Å². The maximum atomic E-state index is 12.0. The van der Waals surface area contributed by atoms with Crippen LogP contribution in [0, 0.1) is 0 Å². The van der Waals surface area contributed by atoms with Crippen LogP contribution in [0.1, 0.15) is 0 Å². The summed E-state index contributed by atoms with van der Waals surface area (Å²) in [6.45, 7) is 0.977. The highest BCUT2D eigenvalue weighted by Gasteiger charge is 2.62. The first-order chi connectivity index (χ1) is 7.79. The first kappa shape index (κ1) is 8.59. The van der Waals surface area contributed by atoms with E-state index in [9.17, 15) is 9.59 Å². The van der Waals surface area contributed by atoms with Gasteiger partial charge in [0.25, 0.3) is 0 Å². The number of hydrogen-bond acceptors (Lipinski definition) is 4. The van der Waals surface area contributed by atoms with Crippen LogP contribution in [0.4, 0.5) is 9.59 Å². The fourth-order valence-corrected chi connectivity index (χ4v) is 2.76. The molecule has 4 rings (SSSR count). The van der Waals surface area contributed by atoms with Gasteiger partial charge in [-0.3, -0.25) is 19.6 Å². The lowest BCUT2D eigenvalue weighted by atomic mass is 10.3. The van der Waals surface area contributed by atoms with Crippen molar-refractivity contribution in [1.29, 1.82) is 0 Å². The molecule has 16 heavy (non-hydrogen) atoms. The van der Waals surface area contributed by atoms with Gasteiger partial charge in [0.05, 0.1) is 0 Å². The maximum Gasteiger partial charge on any atom is 0.327 e. The minimum atomic E-state index is -0.211. The van der Waals surface area contributed by atoms with E-state index in [0.717, 1.165) is 0 Å². The van der Waals surface area contributed by atoms with E-state index in [1.807, 2.05) is 0 Å². The van der Waals surface area contributed by atoms with Crippen molar-refractivity contribution in [2.75, 3.05) is 26.9 Å². The molecule has 4 heterocycles. The van der Waals surface area contributed by atoms with Gasteiger partial charge in [-0.2, -0.15) is 0 Å². The average molecular weight is 226 g/mol. The van der Waals surface area contributed by atoms with Crippen LogP contribution in [0.25, 0.3) is 0 Å². The summed E-state index contributed by atoms with van der Waals surface area (Å²) in [6.07, 6.45) is -0.421. The van der Waals surface area contributed by atoms with E-state index in [0.29, 0.717) is 0 Å². The van der Waals surface area contributed by atoms with Crippen molar-refractivity contribution in [2.45, 2.75) is 12.3 Å². The SMILES string of the molecule is O=C1N2COCN3C(=O)N4COCN1C4C23. The molecule has 4 aliphatic heterocycles. The molecule has 4 fully saturated rings. The summed E-state index contributed by atoms with van der Waals surface area (Å²) >= 11 is 0. The number of rotatable bonds is 0. The fourth-order valence-electron chi connectivity index (χ4n) is 2.76. The van der Waals surface area contributed by atoms with E-state index >= 15 is 0 Å². The summed E-state index contributed by atoms with van der Waals surface area (Å²) in [5.74, 6) is 0.